The number of methoxy groups -OCH3 is 2. The summed E-state index contributed by atoms with van der Waals surface area (Å²) in [5.41, 5.74) is 1.01. The lowest BCUT2D eigenvalue weighted by Crippen LogP contribution is -1.95. The van der Waals surface area contributed by atoms with Gasteiger partial charge in [-0.15, -0.1) is 0 Å². The number of aliphatic hydroxyl groups excluding tert-OH is 1. The van der Waals surface area contributed by atoms with Crippen molar-refractivity contribution in [1.29, 1.82) is 0 Å². The van der Waals surface area contributed by atoms with Crippen molar-refractivity contribution in [2.45, 2.75) is 19.3 Å². The van der Waals surface area contributed by atoms with Crippen LogP contribution in [0, 0.1) is 0 Å². The Morgan fingerprint density at radius 1 is 1.20 bits per heavy atom. The van der Waals surface area contributed by atoms with Gasteiger partial charge in [0, 0.05) is 19.4 Å². The zero-order chi connectivity index (χ0) is 14.4. The third-order valence-corrected chi connectivity index (χ3v) is 2.87. The quantitative estimate of drug-likeness (QED) is 0.829. The van der Waals surface area contributed by atoms with Crippen LogP contribution in [0.15, 0.2) is 22.7 Å². The third kappa shape index (κ3) is 3.48. The Morgan fingerprint density at radius 2 is 2.00 bits per heavy atom. The highest BCUT2D eigenvalue weighted by molar-refractivity contribution is 5.43. The Bertz CT molecular complexity index is 554. The summed E-state index contributed by atoms with van der Waals surface area (Å²) >= 11 is 0. The molecule has 1 heterocycles. The molecule has 1 aromatic heterocycles. The fourth-order valence-electron chi connectivity index (χ4n) is 1.87. The van der Waals surface area contributed by atoms with E-state index in [-0.39, 0.29) is 6.61 Å². The first-order valence-corrected chi connectivity index (χ1v) is 6.40. The van der Waals surface area contributed by atoms with Gasteiger partial charge in [0.15, 0.2) is 17.3 Å². The highest BCUT2D eigenvalue weighted by atomic mass is 16.5. The van der Waals surface area contributed by atoms with Gasteiger partial charge >= 0.3 is 0 Å². The van der Waals surface area contributed by atoms with Crippen LogP contribution in [0.25, 0.3) is 0 Å². The summed E-state index contributed by atoms with van der Waals surface area (Å²) in [6, 6.07) is 5.68. The van der Waals surface area contributed by atoms with Gasteiger partial charge in [-0.1, -0.05) is 11.2 Å². The van der Waals surface area contributed by atoms with E-state index in [1.807, 2.05) is 18.2 Å². The van der Waals surface area contributed by atoms with Gasteiger partial charge in [-0.25, -0.2) is 0 Å². The van der Waals surface area contributed by atoms with Crippen molar-refractivity contribution in [2.75, 3.05) is 20.8 Å². The Hall–Kier alpha value is -2.08. The summed E-state index contributed by atoms with van der Waals surface area (Å²) < 4.78 is 15.6. The van der Waals surface area contributed by atoms with Crippen molar-refractivity contribution in [2.24, 2.45) is 0 Å². The molecule has 0 fully saturated rings. The van der Waals surface area contributed by atoms with Crippen LogP contribution in [0.2, 0.25) is 0 Å². The smallest absolute Gasteiger partial charge is 0.226 e. The molecule has 2 rings (SSSR count). The average Bonchev–Trinajstić information content (AvgIpc) is 2.92. The summed E-state index contributed by atoms with van der Waals surface area (Å²) in [7, 11) is 3.20. The van der Waals surface area contributed by atoms with Gasteiger partial charge in [0.05, 0.1) is 14.2 Å². The maximum Gasteiger partial charge on any atom is 0.226 e. The van der Waals surface area contributed by atoms with Crippen LogP contribution < -0.4 is 9.47 Å². The topological polar surface area (TPSA) is 77.6 Å². The number of rotatable bonds is 7. The number of ether oxygens (including phenoxy) is 2. The van der Waals surface area contributed by atoms with Crippen molar-refractivity contribution in [3.8, 4) is 11.5 Å². The summed E-state index contributed by atoms with van der Waals surface area (Å²) in [5.74, 6) is 2.53. The lowest BCUT2D eigenvalue weighted by molar-refractivity contribution is 0.278. The Kier molecular flexibility index (Phi) is 4.95. The van der Waals surface area contributed by atoms with Crippen LogP contribution in [0.3, 0.4) is 0 Å². The zero-order valence-corrected chi connectivity index (χ0v) is 11.6. The molecule has 6 nitrogen and oxygen atoms in total. The van der Waals surface area contributed by atoms with E-state index in [1.54, 1.807) is 14.2 Å². The summed E-state index contributed by atoms with van der Waals surface area (Å²) in [4.78, 5) is 4.28. The standard InChI is InChI=1S/C14H18N2O4/c1-18-11-6-5-10(8-12(11)19-2)9-13-15-14(20-16-13)4-3-7-17/h5-6,8,17H,3-4,7,9H2,1-2H3. The molecule has 0 amide bonds. The molecule has 0 bridgehead atoms. The van der Waals surface area contributed by atoms with E-state index >= 15 is 0 Å². The Balaban J connectivity index is 2.07. The molecule has 0 saturated heterocycles. The Morgan fingerprint density at radius 3 is 2.70 bits per heavy atom. The Labute approximate surface area is 117 Å². The van der Waals surface area contributed by atoms with E-state index in [0.717, 1.165) is 5.56 Å². The molecule has 0 saturated carbocycles. The van der Waals surface area contributed by atoms with Gasteiger partial charge in [-0.3, -0.25) is 0 Å². The van der Waals surface area contributed by atoms with Crippen molar-refractivity contribution in [1.82, 2.24) is 10.1 Å². The van der Waals surface area contributed by atoms with Gasteiger partial charge in [0.25, 0.3) is 0 Å². The van der Waals surface area contributed by atoms with Crippen molar-refractivity contribution in [3.63, 3.8) is 0 Å². The van der Waals surface area contributed by atoms with Gasteiger partial charge in [-0.2, -0.15) is 4.98 Å². The second kappa shape index (κ2) is 6.91. The van der Waals surface area contributed by atoms with Crippen molar-refractivity contribution < 1.29 is 19.1 Å². The van der Waals surface area contributed by atoms with Gasteiger partial charge in [0.2, 0.25) is 5.89 Å². The predicted molar refractivity (Wildman–Crippen MR) is 72.1 cm³/mol. The zero-order valence-electron chi connectivity index (χ0n) is 11.6. The second-order valence-electron chi connectivity index (χ2n) is 4.30. The van der Waals surface area contributed by atoms with Crippen molar-refractivity contribution in [3.05, 3.63) is 35.5 Å². The minimum absolute atomic E-state index is 0.118. The molecule has 108 valence electrons. The number of hydrogen-bond acceptors (Lipinski definition) is 6. The normalized spacial score (nSPS) is 10.6. The summed E-state index contributed by atoms with van der Waals surface area (Å²) in [6.07, 6.45) is 1.77. The molecular formula is C14H18N2O4. The fraction of sp³-hybridized carbons (Fsp3) is 0.429. The number of benzene rings is 1. The fourth-order valence-corrected chi connectivity index (χ4v) is 1.87. The first kappa shape index (κ1) is 14.3. The van der Waals surface area contributed by atoms with Gasteiger partial charge < -0.3 is 19.1 Å². The molecule has 0 aliphatic rings. The maximum atomic E-state index is 8.76. The number of aromatic nitrogens is 2. The molecule has 2 aromatic rings. The minimum Gasteiger partial charge on any atom is -0.493 e. The molecule has 0 spiro atoms. The van der Waals surface area contributed by atoms with E-state index < -0.39 is 0 Å². The van der Waals surface area contributed by atoms with Crippen LogP contribution in [-0.4, -0.2) is 36.1 Å². The van der Waals surface area contributed by atoms with Crippen molar-refractivity contribution >= 4 is 0 Å². The van der Waals surface area contributed by atoms with E-state index in [9.17, 15) is 0 Å². The van der Waals surface area contributed by atoms with E-state index in [2.05, 4.69) is 10.1 Å². The third-order valence-electron chi connectivity index (χ3n) is 2.87. The lowest BCUT2D eigenvalue weighted by Gasteiger charge is -2.08. The SMILES string of the molecule is COc1ccc(Cc2noc(CCCO)n2)cc1OC. The predicted octanol–water partition coefficient (Wildman–Crippen LogP) is 1.60. The van der Waals surface area contributed by atoms with Crippen LogP contribution in [0.4, 0.5) is 0 Å². The van der Waals surface area contributed by atoms with Gasteiger partial charge in [-0.05, 0) is 24.1 Å². The highest BCUT2D eigenvalue weighted by Gasteiger charge is 2.09. The number of aryl methyl sites for hydroxylation is 1. The van der Waals surface area contributed by atoms with Crippen LogP contribution in [0.5, 0.6) is 11.5 Å². The van der Waals surface area contributed by atoms with Crippen LogP contribution >= 0.6 is 0 Å². The molecule has 0 aliphatic heterocycles. The second-order valence-corrected chi connectivity index (χ2v) is 4.30. The number of nitrogens with zero attached hydrogens (tertiary/aromatic N) is 2. The lowest BCUT2D eigenvalue weighted by atomic mass is 10.1. The molecule has 0 radical (unpaired) electrons. The van der Waals surface area contributed by atoms with Crippen LogP contribution in [-0.2, 0) is 12.8 Å². The summed E-state index contributed by atoms with van der Waals surface area (Å²) in [6.45, 7) is 0.118. The molecule has 0 atom stereocenters. The average molecular weight is 278 g/mol. The first-order chi connectivity index (χ1) is 9.76. The number of aliphatic hydroxyl groups is 1. The maximum absolute atomic E-state index is 8.76. The molecule has 0 aliphatic carbocycles. The molecule has 0 unspecified atom stereocenters. The summed E-state index contributed by atoms with van der Waals surface area (Å²) in [5, 5.41) is 12.7. The first-order valence-electron chi connectivity index (χ1n) is 6.40. The van der Waals surface area contributed by atoms with Gasteiger partial charge in [0.1, 0.15) is 0 Å². The number of hydrogen-bond donors (Lipinski definition) is 1. The molecular weight excluding hydrogens is 260 g/mol. The molecule has 1 N–H and O–H groups in total. The largest absolute Gasteiger partial charge is 0.493 e. The van der Waals surface area contributed by atoms with Crippen LogP contribution in [0.1, 0.15) is 23.7 Å². The molecule has 6 heteroatoms. The van der Waals surface area contributed by atoms with E-state index in [0.29, 0.717) is 42.5 Å². The monoisotopic (exact) mass is 278 g/mol. The highest BCUT2D eigenvalue weighted by Crippen LogP contribution is 2.28. The molecule has 20 heavy (non-hydrogen) atoms. The van der Waals surface area contributed by atoms with E-state index in [1.165, 1.54) is 0 Å². The van der Waals surface area contributed by atoms with E-state index in [4.69, 9.17) is 19.1 Å². The molecule has 1 aromatic carbocycles. The minimum atomic E-state index is 0.118.